The first-order valence-corrected chi connectivity index (χ1v) is 8.15. The molecule has 8 nitrogen and oxygen atoms in total. The van der Waals surface area contributed by atoms with Gasteiger partial charge in [0, 0.05) is 0 Å². The van der Waals surface area contributed by atoms with E-state index < -0.39 is 46.4 Å². The smallest absolute Gasteiger partial charge is 0.348 e. The summed E-state index contributed by atoms with van der Waals surface area (Å²) >= 11 is 0. The molecule has 3 rings (SSSR count). The second-order valence-electron chi connectivity index (χ2n) is 6.26. The van der Waals surface area contributed by atoms with Gasteiger partial charge in [0.05, 0.1) is 13.2 Å². The molecule has 0 bridgehead atoms. The predicted octanol–water partition coefficient (Wildman–Crippen LogP) is 0.318. The summed E-state index contributed by atoms with van der Waals surface area (Å²) < 4.78 is 55.6. The van der Waals surface area contributed by atoms with Crippen LogP contribution in [0.15, 0.2) is 0 Å². The van der Waals surface area contributed by atoms with Crippen molar-refractivity contribution >= 4 is 10.4 Å². The van der Waals surface area contributed by atoms with E-state index in [1.54, 1.807) is 27.7 Å². The van der Waals surface area contributed by atoms with E-state index in [-0.39, 0.29) is 13.2 Å². The van der Waals surface area contributed by atoms with E-state index in [2.05, 4.69) is 0 Å². The van der Waals surface area contributed by atoms with Crippen LogP contribution < -0.4 is 0 Å². The van der Waals surface area contributed by atoms with Crippen LogP contribution in [-0.2, 0) is 37.7 Å². The van der Waals surface area contributed by atoms with Gasteiger partial charge >= 0.3 is 10.4 Å². The molecule has 0 aliphatic carbocycles. The lowest BCUT2D eigenvalue weighted by molar-refractivity contribution is -0.165. The summed E-state index contributed by atoms with van der Waals surface area (Å²) in [5, 5.41) is 0. The molecule has 0 spiro atoms. The zero-order valence-electron chi connectivity index (χ0n) is 12.4. The Labute approximate surface area is 123 Å². The van der Waals surface area contributed by atoms with Crippen molar-refractivity contribution < 1.29 is 35.7 Å². The third kappa shape index (κ3) is 3.24. The Kier molecular flexibility index (Phi) is 3.60. The maximum absolute atomic E-state index is 11.7. The quantitative estimate of drug-likeness (QED) is 0.717. The minimum atomic E-state index is -4.07. The van der Waals surface area contributed by atoms with Crippen LogP contribution in [-0.4, -0.2) is 57.6 Å². The lowest BCUT2D eigenvalue weighted by Crippen LogP contribution is -2.45. The van der Waals surface area contributed by atoms with Crippen molar-refractivity contribution in [3.63, 3.8) is 0 Å². The summed E-state index contributed by atoms with van der Waals surface area (Å²) in [4.78, 5) is 0. The van der Waals surface area contributed by atoms with E-state index >= 15 is 0 Å². The number of hydrogen-bond acceptors (Lipinski definition) is 8. The Morgan fingerprint density at radius 3 is 1.48 bits per heavy atom. The molecule has 0 amide bonds. The van der Waals surface area contributed by atoms with Gasteiger partial charge in [-0.1, -0.05) is 0 Å². The molecule has 0 aromatic rings. The SMILES string of the molecule is CC1(C)OC[C@H]([C@@H]2OS(=O)(=O)O[C@H]2[C@H]2COC(C)(C)O2)O1. The van der Waals surface area contributed by atoms with Gasteiger partial charge in [-0.3, -0.25) is 0 Å². The first-order chi connectivity index (χ1) is 9.57. The summed E-state index contributed by atoms with van der Waals surface area (Å²) in [6.07, 6.45) is -2.73. The number of ether oxygens (including phenoxy) is 4. The van der Waals surface area contributed by atoms with Gasteiger partial charge < -0.3 is 18.9 Å². The van der Waals surface area contributed by atoms with Gasteiger partial charge in [-0.2, -0.15) is 8.42 Å². The molecule has 21 heavy (non-hydrogen) atoms. The average Bonchev–Trinajstić information content (AvgIpc) is 2.94. The Bertz CT molecular complexity index is 473. The molecule has 3 saturated heterocycles. The van der Waals surface area contributed by atoms with E-state index in [0.29, 0.717) is 0 Å². The predicted molar refractivity (Wildman–Crippen MR) is 68.5 cm³/mol. The summed E-state index contributed by atoms with van der Waals surface area (Å²) in [6, 6.07) is 0. The van der Waals surface area contributed by atoms with Gasteiger partial charge in [0.25, 0.3) is 0 Å². The van der Waals surface area contributed by atoms with Crippen molar-refractivity contribution in [3.05, 3.63) is 0 Å². The lowest BCUT2D eigenvalue weighted by Gasteiger charge is -2.25. The van der Waals surface area contributed by atoms with Crippen LogP contribution in [0.4, 0.5) is 0 Å². The summed E-state index contributed by atoms with van der Waals surface area (Å²) in [5.74, 6) is -1.56. The van der Waals surface area contributed by atoms with E-state index in [1.807, 2.05) is 0 Å². The first-order valence-electron chi connectivity index (χ1n) is 6.82. The molecule has 0 aromatic carbocycles. The molecule has 3 aliphatic rings. The fourth-order valence-electron chi connectivity index (χ4n) is 2.71. The average molecular weight is 324 g/mol. The van der Waals surface area contributed by atoms with Crippen LogP contribution in [0.3, 0.4) is 0 Å². The number of rotatable bonds is 2. The first kappa shape index (κ1) is 15.6. The largest absolute Gasteiger partial charge is 0.400 e. The van der Waals surface area contributed by atoms with Crippen LogP contribution >= 0.6 is 0 Å². The van der Waals surface area contributed by atoms with Crippen molar-refractivity contribution in [1.82, 2.24) is 0 Å². The van der Waals surface area contributed by atoms with Crippen LogP contribution in [0.25, 0.3) is 0 Å². The Balaban J connectivity index is 1.78. The highest BCUT2D eigenvalue weighted by atomic mass is 32.3. The highest BCUT2D eigenvalue weighted by Gasteiger charge is 2.54. The van der Waals surface area contributed by atoms with Gasteiger partial charge in [0.2, 0.25) is 0 Å². The molecule has 0 radical (unpaired) electrons. The van der Waals surface area contributed by atoms with Gasteiger partial charge in [-0.15, -0.1) is 0 Å². The fourth-order valence-corrected chi connectivity index (χ4v) is 3.76. The molecule has 3 fully saturated rings. The molecule has 3 aliphatic heterocycles. The van der Waals surface area contributed by atoms with Gasteiger partial charge in [-0.05, 0) is 27.7 Å². The van der Waals surface area contributed by atoms with E-state index in [9.17, 15) is 8.42 Å². The van der Waals surface area contributed by atoms with Crippen LogP contribution in [0.5, 0.6) is 0 Å². The number of hydrogen-bond donors (Lipinski definition) is 0. The minimum Gasteiger partial charge on any atom is -0.348 e. The van der Waals surface area contributed by atoms with Crippen molar-refractivity contribution in [2.45, 2.75) is 63.7 Å². The van der Waals surface area contributed by atoms with E-state index in [0.717, 1.165) is 0 Å². The van der Waals surface area contributed by atoms with Crippen LogP contribution in [0, 0.1) is 0 Å². The van der Waals surface area contributed by atoms with E-state index in [1.165, 1.54) is 0 Å². The molecule has 0 N–H and O–H groups in total. The molecular formula is C12H20O8S. The topological polar surface area (TPSA) is 89.5 Å². The maximum Gasteiger partial charge on any atom is 0.400 e. The Hall–Kier alpha value is -0.290. The van der Waals surface area contributed by atoms with Crippen molar-refractivity contribution in [2.75, 3.05) is 13.2 Å². The molecular weight excluding hydrogens is 304 g/mol. The molecule has 4 atom stereocenters. The lowest BCUT2D eigenvalue weighted by atomic mass is 10.0. The molecule has 0 saturated carbocycles. The summed E-state index contributed by atoms with van der Waals surface area (Å²) in [5.41, 5.74) is 0. The molecule has 0 aromatic heterocycles. The monoisotopic (exact) mass is 324 g/mol. The summed E-state index contributed by atoms with van der Waals surface area (Å²) in [6.45, 7) is 7.47. The fraction of sp³-hybridized carbons (Fsp3) is 1.00. The van der Waals surface area contributed by atoms with Crippen molar-refractivity contribution in [2.24, 2.45) is 0 Å². The standard InChI is InChI=1S/C12H20O8S/c1-11(2)15-5-7(17-11)9-10(20-21(13,14)19-9)8-6-16-12(3,4)18-8/h7-10H,5-6H2,1-4H3/t7-,8-,9+,10+/m1/s1. The molecule has 3 heterocycles. The molecule has 0 unspecified atom stereocenters. The summed E-state index contributed by atoms with van der Waals surface area (Å²) in [7, 11) is -4.07. The highest BCUT2D eigenvalue weighted by Crippen LogP contribution is 2.37. The second-order valence-corrected chi connectivity index (χ2v) is 7.47. The van der Waals surface area contributed by atoms with Crippen molar-refractivity contribution in [3.8, 4) is 0 Å². The van der Waals surface area contributed by atoms with Crippen LogP contribution in [0.2, 0.25) is 0 Å². The highest BCUT2D eigenvalue weighted by molar-refractivity contribution is 7.82. The van der Waals surface area contributed by atoms with Gasteiger partial charge in [-0.25, -0.2) is 8.37 Å². The zero-order valence-corrected chi connectivity index (χ0v) is 13.2. The van der Waals surface area contributed by atoms with Gasteiger partial charge in [0.15, 0.2) is 11.6 Å². The maximum atomic E-state index is 11.7. The van der Waals surface area contributed by atoms with Crippen molar-refractivity contribution in [1.29, 1.82) is 0 Å². The second kappa shape index (κ2) is 4.85. The van der Waals surface area contributed by atoms with Gasteiger partial charge in [0.1, 0.15) is 24.4 Å². The molecule has 122 valence electrons. The Morgan fingerprint density at radius 2 is 1.19 bits per heavy atom. The van der Waals surface area contributed by atoms with E-state index in [4.69, 9.17) is 27.3 Å². The third-order valence-electron chi connectivity index (χ3n) is 3.58. The zero-order chi connectivity index (χ0) is 15.5. The Morgan fingerprint density at radius 1 is 0.810 bits per heavy atom. The third-order valence-corrected chi connectivity index (χ3v) is 4.49. The van der Waals surface area contributed by atoms with Crippen LogP contribution in [0.1, 0.15) is 27.7 Å². The normalized spacial score (nSPS) is 44.2. The molecule has 9 heteroatoms. The minimum absolute atomic E-state index is 0.226.